The predicted octanol–water partition coefficient (Wildman–Crippen LogP) is 15.3. The van der Waals surface area contributed by atoms with E-state index < -0.39 is 6.10 Å². The molecule has 0 amide bonds. The molecule has 0 saturated carbocycles. The average Bonchev–Trinajstić information content (AvgIpc) is 3.21. The first-order chi connectivity index (χ1) is 28.0. The summed E-state index contributed by atoms with van der Waals surface area (Å²) in [5, 5.41) is 0. The first kappa shape index (κ1) is 54.1. The number of hydrogen-bond donors (Lipinski definition) is 0. The number of allylic oxidation sites excluding steroid dienone is 10. The van der Waals surface area contributed by atoms with Gasteiger partial charge in [-0.25, -0.2) is 0 Å². The maximum Gasteiger partial charge on any atom is 0.306 e. The fourth-order valence-electron chi connectivity index (χ4n) is 6.37. The minimum atomic E-state index is -0.796. The molecule has 0 unspecified atom stereocenters. The Labute approximate surface area is 351 Å². The molecule has 0 spiro atoms. The Morgan fingerprint density at radius 2 is 0.649 bits per heavy atom. The van der Waals surface area contributed by atoms with E-state index in [2.05, 4.69) is 81.5 Å². The van der Waals surface area contributed by atoms with E-state index in [1.54, 1.807) is 0 Å². The van der Waals surface area contributed by atoms with Crippen LogP contribution in [0.1, 0.15) is 226 Å². The molecule has 0 aliphatic carbocycles. The van der Waals surface area contributed by atoms with Gasteiger partial charge in [-0.2, -0.15) is 0 Å². The number of rotatable bonds is 42. The van der Waals surface area contributed by atoms with E-state index in [1.807, 2.05) is 0 Å². The quantitative estimate of drug-likeness (QED) is 0.0265. The van der Waals surface area contributed by atoms with Gasteiger partial charge in [0.15, 0.2) is 6.10 Å². The number of ether oxygens (including phenoxy) is 3. The summed E-state index contributed by atoms with van der Waals surface area (Å²) in [6.07, 6.45) is 54.9. The molecular formula is C51H88O6. The van der Waals surface area contributed by atoms with Crippen LogP contribution < -0.4 is 0 Å². The van der Waals surface area contributed by atoms with Gasteiger partial charge >= 0.3 is 17.9 Å². The van der Waals surface area contributed by atoms with Crippen LogP contribution in [0.4, 0.5) is 0 Å². The van der Waals surface area contributed by atoms with E-state index >= 15 is 0 Å². The smallest absolute Gasteiger partial charge is 0.306 e. The molecular weight excluding hydrogens is 709 g/mol. The van der Waals surface area contributed by atoms with Crippen molar-refractivity contribution in [1.82, 2.24) is 0 Å². The molecule has 0 saturated heterocycles. The van der Waals surface area contributed by atoms with Gasteiger partial charge < -0.3 is 14.2 Å². The van der Waals surface area contributed by atoms with Crippen molar-refractivity contribution < 1.29 is 28.6 Å². The Hall–Kier alpha value is -2.89. The second-order valence-electron chi connectivity index (χ2n) is 15.7. The van der Waals surface area contributed by atoms with E-state index in [-0.39, 0.29) is 37.5 Å². The standard InChI is InChI=1S/C51H88O6/c1-4-7-10-13-16-19-21-23-24-25-26-28-29-32-35-38-41-44-50(53)56-47-48(46-55-49(52)43-40-37-34-31-18-15-12-9-6-3)57-51(54)45-42-39-36-33-30-27-22-20-17-14-11-8-5-2/h16,19-20,22-24,26,28,32,35,48H,4-15,17-18,21,25,27,29-31,33-34,36-47H2,1-3H3/b19-16-,22-20-,24-23-,28-26-,35-32-/t48-/m1/s1. The Morgan fingerprint density at radius 3 is 1.12 bits per heavy atom. The van der Waals surface area contributed by atoms with Crippen LogP contribution in [0, 0.1) is 0 Å². The van der Waals surface area contributed by atoms with Crippen LogP contribution in [0.5, 0.6) is 0 Å². The Kier molecular flexibility index (Phi) is 43.5. The van der Waals surface area contributed by atoms with Gasteiger partial charge in [-0.05, 0) is 83.5 Å². The van der Waals surface area contributed by atoms with Crippen LogP contribution in [0.15, 0.2) is 60.8 Å². The summed E-state index contributed by atoms with van der Waals surface area (Å²) in [6.45, 7) is 6.51. The van der Waals surface area contributed by atoms with Crippen molar-refractivity contribution in [2.75, 3.05) is 13.2 Å². The summed E-state index contributed by atoms with van der Waals surface area (Å²) in [4.78, 5) is 37.7. The van der Waals surface area contributed by atoms with E-state index in [0.717, 1.165) is 77.0 Å². The van der Waals surface area contributed by atoms with Crippen LogP contribution in [0.25, 0.3) is 0 Å². The lowest BCUT2D eigenvalue weighted by molar-refractivity contribution is -0.167. The monoisotopic (exact) mass is 797 g/mol. The SMILES string of the molecule is CCCCC/C=C\C/C=C\C/C=C\C/C=C\CCCC(=O)OC[C@@H](COC(=O)CCCCCCCCCCC)OC(=O)CCCCCCC/C=C\CCCCCC. The molecule has 0 aromatic heterocycles. The van der Waals surface area contributed by atoms with E-state index in [9.17, 15) is 14.4 Å². The van der Waals surface area contributed by atoms with Gasteiger partial charge in [-0.1, -0.05) is 184 Å². The van der Waals surface area contributed by atoms with Crippen molar-refractivity contribution in [3.63, 3.8) is 0 Å². The van der Waals surface area contributed by atoms with Crippen LogP contribution in [0.2, 0.25) is 0 Å². The van der Waals surface area contributed by atoms with Crippen molar-refractivity contribution in [3.05, 3.63) is 60.8 Å². The molecule has 0 heterocycles. The predicted molar refractivity (Wildman–Crippen MR) is 242 cm³/mol. The second-order valence-corrected chi connectivity index (χ2v) is 15.7. The molecule has 0 aromatic carbocycles. The third kappa shape index (κ3) is 44.1. The van der Waals surface area contributed by atoms with E-state index in [1.165, 1.54) is 103 Å². The largest absolute Gasteiger partial charge is 0.462 e. The average molecular weight is 797 g/mol. The summed E-state index contributed by atoms with van der Waals surface area (Å²) in [5.74, 6) is -0.965. The summed E-state index contributed by atoms with van der Waals surface area (Å²) >= 11 is 0. The van der Waals surface area contributed by atoms with Crippen LogP contribution in [0.3, 0.4) is 0 Å². The van der Waals surface area contributed by atoms with Gasteiger partial charge in [0.1, 0.15) is 13.2 Å². The Bertz CT molecular complexity index is 1050. The van der Waals surface area contributed by atoms with Crippen molar-refractivity contribution in [1.29, 1.82) is 0 Å². The topological polar surface area (TPSA) is 78.9 Å². The second kappa shape index (κ2) is 45.8. The van der Waals surface area contributed by atoms with Crippen molar-refractivity contribution in [3.8, 4) is 0 Å². The molecule has 0 aromatic rings. The molecule has 0 bridgehead atoms. The number of carbonyl (C=O) groups is 3. The molecule has 6 nitrogen and oxygen atoms in total. The van der Waals surface area contributed by atoms with E-state index in [0.29, 0.717) is 19.3 Å². The van der Waals surface area contributed by atoms with Crippen LogP contribution >= 0.6 is 0 Å². The van der Waals surface area contributed by atoms with Gasteiger partial charge in [0.25, 0.3) is 0 Å². The molecule has 0 aliphatic heterocycles. The summed E-state index contributed by atoms with van der Waals surface area (Å²) < 4.78 is 16.7. The lowest BCUT2D eigenvalue weighted by Crippen LogP contribution is -2.30. The Morgan fingerprint density at radius 1 is 0.351 bits per heavy atom. The highest BCUT2D eigenvalue weighted by atomic mass is 16.6. The van der Waals surface area contributed by atoms with Crippen molar-refractivity contribution >= 4 is 17.9 Å². The molecule has 0 rings (SSSR count). The fourth-order valence-corrected chi connectivity index (χ4v) is 6.37. The van der Waals surface area contributed by atoms with E-state index in [4.69, 9.17) is 14.2 Å². The van der Waals surface area contributed by atoms with Gasteiger partial charge in [0.05, 0.1) is 0 Å². The first-order valence-corrected chi connectivity index (χ1v) is 23.8. The number of carbonyl (C=O) groups excluding carboxylic acids is 3. The zero-order valence-electron chi connectivity index (χ0n) is 37.3. The zero-order chi connectivity index (χ0) is 41.5. The number of esters is 3. The van der Waals surface area contributed by atoms with Gasteiger partial charge in [0.2, 0.25) is 0 Å². The number of unbranched alkanes of at least 4 members (excludes halogenated alkanes) is 21. The normalized spacial score (nSPS) is 12.5. The Balaban J connectivity index is 4.45. The summed E-state index contributed by atoms with van der Waals surface area (Å²) in [7, 11) is 0. The minimum absolute atomic E-state index is 0.0936. The minimum Gasteiger partial charge on any atom is -0.462 e. The summed E-state index contributed by atoms with van der Waals surface area (Å²) in [6, 6.07) is 0. The van der Waals surface area contributed by atoms with Gasteiger partial charge in [-0.3, -0.25) is 14.4 Å². The number of hydrogen-bond acceptors (Lipinski definition) is 6. The lowest BCUT2D eigenvalue weighted by Gasteiger charge is -2.18. The lowest BCUT2D eigenvalue weighted by atomic mass is 10.1. The molecule has 6 heteroatoms. The molecule has 0 aliphatic rings. The maximum atomic E-state index is 12.7. The van der Waals surface area contributed by atoms with Crippen molar-refractivity contribution in [2.45, 2.75) is 232 Å². The molecule has 1 atom stereocenters. The zero-order valence-corrected chi connectivity index (χ0v) is 37.3. The van der Waals surface area contributed by atoms with Gasteiger partial charge in [-0.15, -0.1) is 0 Å². The highest BCUT2D eigenvalue weighted by Gasteiger charge is 2.19. The van der Waals surface area contributed by atoms with Crippen molar-refractivity contribution in [2.24, 2.45) is 0 Å². The molecule has 57 heavy (non-hydrogen) atoms. The third-order valence-corrected chi connectivity index (χ3v) is 9.99. The fraction of sp³-hybridized carbons (Fsp3) is 0.745. The van der Waals surface area contributed by atoms with Crippen LogP contribution in [-0.4, -0.2) is 37.2 Å². The highest BCUT2D eigenvalue weighted by molar-refractivity contribution is 5.71. The molecule has 0 radical (unpaired) electrons. The highest BCUT2D eigenvalue weighted by Crippen LogP contribution is 2.13. The third-order valence-electron chi connectivity index (χ3n) is 9.99. The molecule has 328 valence electrons. The summed E-state index contributed by atoms with van der Waals surface area (Å²) in [5.41, 5.74) is 0. The first-order valence-electron chi connectivity index (χ1n) is 23.8. The molecule has 0 fully saturated rings. The van der Waals surface area contributed by atoms with Gasteiger partial charge in [0, 0.05) is 19.3 Å². The van der Waals surface area contributed by atoms with Crippen LogP contribution in [-0.2, 0) is 28.6 Å². The molecule has 0 N–H and O–H groups in total. The maximum absolute atomic E-state index is 12.7.